The number of hydrogen-bond acceptors (Lipinski definition) is 4. The summed E-state index contributed by atoms with van der Waals surface area (Å²) in [5.41, 5.74) is 1.48. The Labute approximate surface area is 170 Å². The van der Waals surface area contributed by atoms with Crippen LogP contribution in [-0.4, -0.2) is 24.5 Å². The van der Waals surface area contributed by atoms with Crippen LogP contribution in [0.5, 0.6) is 5.75 Å². The van der Waals surface area contributed by atoms with Gasteiger partial charge in [0.1, 0.15) is 17.9 Å². The number of carbonyl (C=O) groups is 1. The molecule has 1 aliphatic rings. The molecule has 0 bridgehead atoms. The molecular formula is C22H25ClN2O3. The second-order valence-corrected chi connectivity index (χ2v) is 6.97. The molecule has 4 rings (SSSR count). The molecule has 3 aromatic rings. The molecule has 6 heteroatoms. The maximum absolute atomic E-state index is 13.0. The summed E-state index contributed by atoms with van der Waals surface area (Å²) >= 11 is 0. The standard InChI is InChI=1S/C22H24N2O3.ClH/c1-15-19(11-7-13-23-15)24-22(25)21-18(14-26-16-8-3-2-4-9-16)17-10-5-6-12-20(17)27-21;/h2-6,8-10,12,15,19,23H,7,11,13-14H2,1H3,(H,24,25);1H. The highest BCUT2D eigenvalue weighted by Gasteiger charge is 2.27. The monoisotopic (exact) mass is 400 g/mol. The van der Waals surface area contributed by atoms with Crippen molar-refractivity contribution in [2.45, 2.75) is 38.5 Å². The van der Waals surface area contributed by atoms with Crippen molar-refractivity contribution < 1.29 is 13.9 Å². The maximum Gasteiger partial charge on any atom is 0.287 e. The molecule has 1 amide bonds. The van der Waals surface area contributed by atoms with Crippen LogP contribution in [-0.2, 0) is 6.61 Å². The summed E-state index contributed by atoms with van der Waals surface area (Å²) in [6, 6.07) is 17.6. The first-order valence-corrected chi connectivity index (χ1v) is 9.45. The van der Waals surface area contributed by atoms with Gasteiger partial charge in [-0.3, -0.25) is 4.79 Å². The van der Waals surface area contributed by atoms with Gasteiger partial charge in [-0.05, 0) is 44.5 Å². The van der Waals surface area contributed by atoms with Gasteiger partial charge >= 0.3 is 0 Å². The third-order valence-corrected chi connectivity index (χ3v) is 5.11. The highest BCUT2D eigenvalue weighted by Crippen LogP contribution is 2.27. The van der Waals surface area contributed by atoms with Crippen LogP contribution in [0.3, 0.4) is 0 Å². The lowest BCUT2D eigenvalue weighted by molar-refractivity contribution is 0.0890. The number of amides is 1. The van der Waals surface area contributed by atoms with Crippen molar-refractivity contribution in [3.63, 3.8) is 0 Å². The molecule has 28 heavy (non-hydrogen) atoms. The van der Waals surface area contributed by atoms with E-state index < -0.39 is 0 Å². The Hall–Kier alpha value is -2.50. The molecule has 2 atom stereocenters. The first-order chi connectivity index (χ1) is 13.2. The number of furan rings is 1. The van der Waals surface area contributed by atoms with Crippen molar-refractivity contribution in [3.05, 3.63) is 65.9 Å². The molecule has 1 aliphatic heterocycles. The number of fused-ring (bicyclic) bond motifs is 1. The summed E-state index contributed by atoms with van der Waals surface area (Å²) in [7, 11) is 0. The second-order valence-electron chi connectivity index (χ2n) is 6.97. The molecule has 1 saturated heterocycles. The van der Waals surface area contributed by atoms with E-state index in [-0.39, 0.29) is 37.0 Å². The molecule has 0 spiro atoms. The zero-order chi connectivity index (χ0) is 18.6. The first-order valence-electron chi connectivity index (χ1n) is 9.45. The fraction of sp³-hybridized carbons (Fsp3) is 0.318. The third-order valence-electron chi connectivity index (χ3n) is 5.11. The van der Waals surface area contributed by atoms with Crippen molar-refractivity contribution in [1.82, 2.24) is 10.6 Å². The van der Waals surface area contributed by atoms with Gasteiger partial charge in [0, 0.05) is 23.0 Å². The number of nitrogens with one attached hydrogen (secondary N) is 2. The summed E-state index contributed by atoms with van der Waals surface area (Å²) in [5, 5.41) is 7.45. The Balaban J connectivity index is 0.00000225. The Kier molecular flexibility index (Phi) is 6.60. The number of benzene rings is 2. The first kappa shape index (κ1) is 20.2. The minimum Gasteiger partial charge on any atom is -0.489 e. The Morgan fingerprint density at radius 2 is 1.93 bits per heavy atom. The molecular weight excluding hydrogens is 376 g/mol. The average molecular weight is 401 g/mol. The van der Waals surface area contributed by atoms with Crippen LogP contribution in [0.25, 0.3) is 11.0 Å². The van der Waals surface area contributed by atoms with Crippen molar-refractivity contribution in [3.8, 4) is 5.75 Å². The lowest BCUT2D eigenvalue weighted by Crippen LogP contribution is -2.51. The van der Waals surface area contributed by atoms with Crippen LogP contribution in [0.15, 0.2) is 59.0 Å². The smallest absolute Gasteiger partial charge is 0.287 e. The molecule has 2 unspecified atom stereocenters. The van der Waals surface area contributed by atoms with Crippen LogP contribution >= 0.6 is 12.4 Å². The Morgan fingerprint density at radius 1 is 1.18 bits per heavy atom. The van der Waals surface area contributed by atoms with Crippen LogP contribution in [0.2, 0.25) is 0 Å². The highest BCUT2D eigenvalue weighted by molar-refractivity contribution is 5.99. The van der Waals surface area contributed by atoms with E-state index in [1.165, 1.54) is 0 Å². The van der Waals surface area contributed by atoms with Crippen molar-refractivity contribution in [1.29, 1.82) is 0 Å². The molecule has 5 nitrogen and oxygen atoms in total. The fourth-order valence-corrected chi connectivity index (χ4v) is 3.57. The highest BCUT2D eigenvalue weighted by atomic mass is 35.5. The van der Waals surface area contributed by atoms with E-state index in [1.54, 1.807) is 0 Å². The lowest BCUT2D eigenvalue weighted by atomic mass is 9.99. The zero-order valence-corrected chi connectivity index (χ0v) is 16.6. The van der Waals surface area contributed by atoms with Gasteiger partial charge in [-0.25, -0.2) is 0 Å². The molecule has 2 heterocycles. The van der Waals surface area contributed by atoms with E-state index >= 15 is 0 Å². The molecule has 1 aromatic heterocycles. The van der Waals surface area contributed by atoms with Crippen LogP contribution in [0.1, 0.15) is 35.9 Å². The Morgan fingerprint density at radius 3 is 2.71 bits per heavy atom. The fourth-order valence-electron chi connectivity index (χ4n) is 3.57. The summed E-state index contributed by atoms with van der Waals surface area (Å²) in [6.07, 6.45) is 2.02. The molecule has 2 aromatic carbocycles. The minimum absolute atomic E-state index is 0. The maximum atomic E-state index is 13.0. The summed E-state index contributed by atoms with van der Waals surface area (Å²) < 4.78 is 11.8. The van der Waals surface area contributed by atoms with E-state index in [4.69, 9.17) is 9.15 Å². The van der Waals surface area contributed by atoms with E-state index in [2.05, 4.69) is 17.6 Å². The number of rotatable bonds is 5. The van der Waals surface area contributed by atoms with Crippen molar-refractivity contribution >= 4 is 29.3 Å². The van der Waals surface area contributed by atoms with Gasteiger partial charge in [0.15, 0.2) is 5.76 Å². The number of piperidine rings is 1. The van der Waals surface area contributed by atoms with Gasteiger partial charge in [0.25, 0.3) is 5.91 Å². The van der Waals surface area contributed by atoms with E-state index in [0.29, 0.717) is 11.3 Å². The van der Waals surface area contributed by atoms with E-state index in [0.717, 1.165) is 36.1 Å². The van der Waals surface area contributed by atoms with Gasteiger partial charge in [0.05, 0.1) is 0 Å². The molecule has 0 saturated carbocycles. The molecule has 1 fully saturated rings. The zero-order valence-electron chi connectivity index (χ0n) is 15.8. The number of carbonyl (C=O) groups excluding carboxylic acids is 1. The topological polar surface area (TPSA) is 63.5 Å². The lowest BCUT2D eigenvalue weighted by Gasteiger charge is -2.30. The minimum atomic E-state index is -0.182. The average Bonchev–Trinajstić information content (AvgIpc) is 3.08. The van der Waals surface area contributed by atoms with Gasteiger partial charge in [-0.1, -0.05) is 36.4 Å². The van der Waals surface area contributed by atoms with Gasteiger partial charge in [-0.2, -0.15) is 0 Å². The van der Waals surface area contributed by atoms with Gasteiger partial charge < -0.3 is 19.8 Å². The van der Waals surface area contributed by atoms with Gasteiger partial charge in [-0.15, -0.1) is 12.4 Å². The third kappa shape index (κ3) is 4.32. The Bertz CT molecular complexity index is 926. The van der Waals surface area contributed by atoms with E-state index in [9.17, 15) is 4.79 Å². The predicted octanol–water partition coefficient (Wildman–Crippen LogP) is 4.30. The van der Waals surface area contributed by atoms with Crippen molar-refractivity contribution in [2.24, 2.45) is 0 Å². The molecule has 2 N–H and O–H groups in total. The molecule has 148 valence electrons. The largest absolute Gasteiger partial charge is 0.489 e. The number of halogens is 1. The molecule has 0 radical (unpaired) electrons. The van der Waals surface area contributed by atoms with Crippen LogP contribution in [0, 0.1) is 0 Å². The molecule has 0 aliphatic carbocycles. The SMILES string of the molecule is CC1NCCCC1NC(=O)c1oc2ccccc2c1COc1ccccc1.Cl. The number of ether oxygens (including phenoxy) is 1. The number of hydrogen-bond donors (Lipinski definition) is 2. The normalized spacial score (nSPS) is 19.0. The summed E-state index contributed by atoms with van der Waals surface area (Å²) in [5.74, 6) is 0.919. The van der Waals surface area contributed by atoms with Gasteiger partial charge in [0.2, 0.25) is 0 Å². The summed E-state index contributed by atoms with van der Waals surface area (Å²) in [4.78, 5) is 13.0. The predicted molar refractivity (Wildman–Crippen MR) is 112 cm³/mol. The van der Waals surface area contributed by atoms with Crippen molar-refractivity contribution in [2.75, 3.05) is 6.54 Å². The van der Waals surface area contributed by atoms with Crippen LogP contribution in [0.4, 0.5) is 0 Å². The van der Waals surface area contributed by atoms with Crippen LogP contribution < -0.4 is 15.4 Å². The quantitative estimate of drug-likeness (QED) is 0.670. The summed E-state index contributed by atoms with van der Waals surface area (Å²) in [6.45, 7) is 3.37. The van der Waals surface area contributed by atoms with E-state index in [1.807, 2.05) is 54.6 Å². The second kappa shape index (κ2) is 9.13. The number of para-hydroxylation sites is 2.